The monoisotopic (exact) mass is 293 g/mol. The number of benzene rings is 1. The summed E-state index contributed by atoms with van der Waals surface area (Å²) in [6, 6.07) is 6.59. The molecule has 2 rings (SSSR count). The Kier molecular flexibility index (Phi) is 4.80. The maximum Gasteiger partial charge on any atom is 0.341 e. The minimum absolute atomic E-state index is 0.0873. The molecule has 0 radical (unpaired) electrons. The van der Waals surface area contributed by atoms with Crippen LogP contribution in [0.5, 0.6) is 5.75 Å². The van der Waals surface area contributed by atoms with Crippen LogP contribution in [0.15, 0.2) is 24.3 Å². The number of anilines is 1. The fourth-order valence-corrected chi connectivity index (χ4v) is 2.30. The Morgan fingerprint density at radius 1 is 1.29 bits per heavy atom. The van der Waals surface area contributed by atoms with Gasteiger partial charge in [0.15, 0.2) is 6.61 Å². The first-order valence-electron chi connectivity index (χ1n) is 6.83. The summed E-state index contributed by atoms with van der Waals surface area (Å²) in [5.74, 6) is -0.670. The topological polar surface area (TPSA) is 84.9 Å². The van der Waals surface area contributed by atoms with Gasteiger partial charge in [0.25, 0.3) is 0 Å². The van der Waals surface area contributed by atoms with Crippen LogP contribution in [-0.2, 0) is 14.3 Å². The highest BCUT2D eigenvalue weighted by Crippen LogP contribution is 2.38. The molecule has 0 unspecified atom stereocenters. The molecule has 6 heteroatoms. The summed E-state index contributed by atoms with van der Waals surface area (Å²) in [5.41, 5.74) is 0.350. The minimum atomic E-state index is -1.03. The van der Waals surface area contributed by atoms with E-state index in [1.54, 1.807) is 31.4 Å². The summed E-state index contributed by atoms with van der Waals surface area (Å²) in [6.45, 7) is -0.387. The molecule has 0 aliphatic heterocycles. The van der Waals surface area contributed by atoms with Crippen molar-refractivity contribution in [3.8, 4) is 5.75 Å². The fraction of sp³-hybridized carbons (Fsp3) is 0.467. The van der Waals surface area contributed by atoms with Gasteiger partial charge < -0.3 is 19.9 Å². The lowest BCUT2D eigenvalue weighted by Crippen LogP contribution is -2.42. The van der Waals surface area contributed by atoms with Crippen LogP contribution in [0.4, 0.5) is 5.69 Å². The van der Waals surface area contributed by atoms with Gasteiger partial charge in [-0.3, -0.25) is 4.79 Å². The molecule has 1 aliphatic carbocycles. The lowest BCUT2D eigenvalue weighted by molar-refractivity contribution is -0.139. The molecule has 1 saturated carbocycles. The van der Waals surface area contributed by atoms with Crippen LogP contribution in [0.25, 0.3) is 0 Å². The quantitative estimate of drug-likeness (QED) is 0.803. The van der Waals surface area contributed by atoms with E-state index in [4.69, 9.17) is 14.6 Å². The van der Waals surface area contributed by atoms with Crippen molar-refractivity contribution in [3.63, 3.8) is 0 Å². The lowest BCUT2D eigenvalue weighted by atomic mass is 9.77. The molecule has 1 aromatic rings. The second-order valence-corrected chi connectivity index (χ2v) is 5.17. The van der Waals surface area contributed by atoms with Crippen molar-refractivity contribution >= 4 is 17.6 Å². The highest BCUT2D eigenvalue weighted by molar-refractivity contribution is 5.91. The first kappa shape index (κ1) is 15.3. The molecule has 2 N–H and O–H groups in total. The molecule has 1 aromatic carbocycles. The number of nitrogens with one attached hydrogen (secondary N) is 1. The van der Waals surface area contributed by atoms with Crippen LogP contribution in [0.1, 0.15) is 25.7 Å². The van der Waals surface area contributed by atoms with Crippen LogP contribution in [0.3, 0.4) is 0 Å². The zero-order valence-corrected chi connectivity index (χ0v) is 11.9. The first-order chi connectivity index (χ1) is 10.0. The number of carboxylic acids is 1. The van der Waals surface area contributed by atoms with Gasteiger partial charge in [-0.25, -0.2) is 4.79 Å². The second kappa shape index (κ2) is 6.58. The first-order valence-corrected chi connectivity index (χ1v) is 6.83. The predicted molar refractivity (Wildman–Crippen MR) is 76.4 cm³/mol. The van der Waals surface area contributed by atoms with Gasteiger partial charge in [-0.05, 0) is 43.5 Å². The maximum atomic E-state index is 12.0. The molecule has 0 atom stereocenters. The van der Waals surface area contributed by atoms with Gasteiger partial charge in [0.2, 0.25) is 5.91 Å². The van der Waals surface area contributed by atoms with Gasteiger partial charge in [-0.15, -0.1) is 0 Å². The SMILES string of the molecule is COC1(CC(=O)Nc2ccc(OCC(=O)O)cc2)CCC1. The number of amides is 1. The summed E-state index contributed by atoms with van der Waals surface area (Å²) < 4.78 is 10.4. The van der Waals surface area contributed by atoms with Crippen LogP contribution < -0.4 is 10.1 Å². The van der Waals surface area contributed by atoms with Crippen LogP contribution in [-0.4, -0.2) is 36.3 Å². The Morgan fingerprint density at radius 2 is 1.95 bits per heavy atom. The normalized spacial score (nSPS) is 15.9. The van der Waals surface area contributed by atoms with E-state index in [-0.39, 0.29) is 18.1 Å². The highest BCUT2D eigenvalue weighted by Gasteiger charge is 2.38. The molecule has 1 amide bonds. The smallest absolute Gasteiger partial charge is 0.341 e. The maximum absolute atomic E-state index is 12.0. The van der Waals surface area contributed by atoms with Gasteiger partial charge >= 0.3 is 5.97 Å². The lowest BCUT2D eigenvalue weighted by Gasteiger charge is -2.39. The number of aliphatic carboxylic acids is 1. The molecular weight excluding hydrogens is 274 g/mol. The second-order valence-electron chi connectivity index (χ2n) is 5.17. The number of ether oxygens (including phenoxy) is 2. The molecule has 114 valence electrons. The van der Waals surface area contributed by atoms with Gasteiger partial charge in [0.05, 0.1) is 12.0 Å². The largest absolute Gasteiger partial charge is 0.482 e. The molecule has 21 heavy (non-hydrogen) atoms. The van der Waals surface area contributed by atoms with E-state index in [1.165, 1.54) is 0 Å². The van der Waals surface area contributed by atoms with Gasteiger partial charge in [0, 0.05) is 12.8 Å². The fourth-order valence-electron chi connectivity index (χ4n) is 2.30. The number of methoxy groups -OCH3 is 1. The van der Waals surface area contributed by atoms with Gasteiger partial charge in [-0.2, -0.15) is 0 Å². The zero-order chi connectivity index (χ0) is 15.3. The molecule has 1 fully saturated rings. The third kappa shape index (κ3) is 4.19. The molecule has 6 nitrogen and oxygen atoms in total. The minimum Gasteiger partial charge on any atom is -0.482 e. The molecule has 1 aliphatic rings. The van der Waals surface area contributed by atoms with Crippen LogP contribution in [0, 0.1) is 0 Å². The Bertz CT molecular complexity index is 502. The van der Waals surface area contributed by atoms with Crippen molar-refractivity contribution < 1.29 is 24.2 Å². The van der Waals surface area contributed by atoms with E-state index < -0.39 is 5.97 Å². The van der Waals surface area contributed by atoms with E-state index in [0.29, 0.717) is 17.9 Å². The van der Waals surface area contributed by atoms with Gasteiger partial charge in [0.1, 0.15) is 5.75 Å². The van der Waals surface area contributed by atoms with E-state index in [2.05, 4.69) is 5.32 Å². The number of hydrogen-bond donors (Lipinski definition) is 2. The van der Waals surface area contributed by atoms with E-state index in [9.17, 15) is 9.59 Å². The molecule has 0 heterocycles. The zero-order valence-electron chi connectivity index (χ0n) is 11.9. The molecule has 0 aromatic heterocycles. The van der Waals surface area contributed by atoms with Crippen molar-refractivity contribution in [2.75, 3.05) is 19.0 Å². The Morgan fingerprint density at radius 3 is 2.43 bits per heavy atom. The number of rotatable bonds is 7. The van der Waals surface area contributed by atoms with Crippen LogP contribution >= 0.6 is 0 Å². The highest BCUT2D eigenvalue weighted by atomic mass is 16.5. The Balaban J connectivity index is 1.85. The number of carbonyl (C=O) groups excluding carboxylic acids is 1. The Hall–Kier alpha value is -2.08. The third-order valence-corrected chi connectivity index (χ3v) is 3.68. The average Bonchev–Trinajstić information content (AvgIpc) is 2.42. The summed E-state index contributed by atoms with van der Waals surface area (Å²) in [5, 5.41) is 11.3. The molecule has 0 spiro atoms. The number of hydrogen-bond acceptors (Lipinski definition) is 4. The third-order valence-electron chi connectivity index (χ3n) is 3.68. The summed E-state index contributed by atoms with van der Waals surface area (Å²) in [7, 11) is 1.64. The van der Waals surface area contributed by atoms with Crippen molar-refractivity contribution in [1.29, 1.82) is 0 Å². The van der Waals surface area contributed by atoms with Crippen molar-refractivity contribution in [1.82, 2.24) is 0 Å². The molecule has 0 saturated heterocycles. The summed E-state index contributed by atoms with van der Waals surface area (Å²) >= 11 is 0. The Labute approximate surface area is 123 Å². The molecule has 0 bridgehead atoms. The standard InChI is InChI=1S/C15H19NO5/c1-20-15(7-2-8-15)9-13(17)16-11-3-5-12(6-4-11)21-10-14(18)19/h3-6H,2,7-10H2,1H3,(H,16,17)(H,18,19). The van der Waals surface area contributed by atoms with Gasteiger partial charge in [-0.1, -0.05) is 0 Å². The van der Waals surface area contributed by atoms with E-state index >= 15 is 0 Å². The number of carbonyl (C=O) groups is 2. The van der Waals surface area contributed by atoms with E-state index in [1.807, 2.05) is 0 Å². The summed E-state index contributed by atoms with van der Waals surface area (Å²) in [6.07, 6.45) is 3.27. The van der Waals surface area contributed by atoms with E-state index in [0.717, 1.165) is 19.3 Å². The summed E-state index contributed by atoms with van der Waals surface area (Å²) in [4.78, 5) is 22.4. The van der Waals surface area contributed by atoms with Crippen molar-refractivity contribution in [2.24, 2.45) is 0 Å². The van der Waals surface area contributed by atoms with Crippen molar-refractivity contribution in [2.45, 2.75) is 31.3 Å². The van der Waals surface area contributed by atoms with Crippen LogP contribution in [0.2, 0.25) is 0 Å². The number of carboxylic acid groups (broad SMARTS) is 1. The molecular formula is C15H19NO5. The average molecular weight is 293 g/mol. The van der Waals surface area contributed by atoms with Crippen molar-refractivity contribution in [3.05, 3.63) is 24.3 Å². The predicted octanol–water partition coefficient (Wildman–Crippen LogP) is 2.05.